The van der Waals surface area contributed by atoms with Crippen LogP contribution < -0.4 is 15.8 Å². The van der Waals surface area contributed by atoms with Crippen molar-refractivity contribution in [3.8, 4) is 5.75 Å². The second-order valence-electron chi connectivity index (χ2n) is 4.62. The van der Waals surface area contributed by atoms with Crippen molar-refractivity contribution in [1.29, 1.82) is 0 Å². The minimum absolute atomic E-state index is 0.0981. The van der Waals surface area contributed by atoms with Crippen LogP contribution in [0.4, 0.5) is 0 Å². The van der Waals surface area contributed by atoms with E-state index in [0.29, 0.717) is 18.1 Å². The molecule has 0 aliphatic heterocycles. The minimum Gasteiger partial charge on any atom is -0.492 e. The van der Waals surface area contributed by atoms with Gasteiger partial charge in [-0.2, -0.15) is 11.8 Å². The lowest BCUT2D eigenvalue weighted by Gasteiger charge is -2.11. The van der Waals surface area contributed by atoms with Crippen LogP contribution in [0.5, 0.6) is 5.75 Å². The van der Waals surface area contributed by atoms with Gasteiger partial charge in [0.25, 0.3) is 0 Å². The van der Waals surface area contributed by atoms with E-state index in [9.17, 15) is 0 Å². The SMILES string of the molecule is CSCC(C)CNCCOc1ccc(C(N)=NO)cc1. The summed E-state index contributed by atoms with van der Waals surface area (Å²) in [6, 6.07) is 7.14. The molecular formula is C14H23N3O2S. The van der Waals surface area contributed by atoms with Crippen molar-refractivity contribution < 1.29 is 9.94 Å². The van der Waals surface area contributed by atoms with Gasteiger partial charge in [0.2, 0.25) is 0 Å². The zero-order chi connectivity index (χ0) is 14.8. The fourth-order valence-corrected chi connectivity index (χ4v) is 2.40. The van der Waals surface area contributed by atoms with Gasteiger partial charge in [-0.3, -0.25) is 0 Å². The molecule has 20 heavy (non-hydrogen) atoms. The highest BCUT2D eigenvalue weighted by atomic mass is 32.2. The number of nitrogens with two attached hydrogens (primary N) is 1. The maximum atomic E-state index is 8.56. The minimum atomic E-state index is 0.0981. The van der Waals surface area contributed by atoms with Crippen LogP contribution in [0.2, 0.25) is 0 Å². The molecule has 1 aromatic carbocycles. The molecule has 0 radical (unpaired) electrons. The van der Waals surface area contributed by atoms with Gasteiger partial charge < -0.3 is 21.0 Å². The number of hydrogen-bond acceptors (Lipinski definition) is 5. The van der Waals surface area contributed by atoms with E-state index in [4.69, 9.17) is 15.7 Å². The Bertz CT molecular complexity index is 409. The highest BCUT2D eigenvalue weighted by Gasteiger charge is 2.01. The van der Waals surface area contributed by atoms with Crippen LogP contribution in [0.1, 0.15) is 12.5 Å². The van der Waals surface area contributed by atoms with Gasteiger partial charge in [-0.15, -0.1) is 0 Å². The van der Waals surface area contributed by atoms with Crippen LogP contribution >= 0.6 is 11.8 Å². The van der Waals surface area contributed by atoms with Gasteiger partial charge in [0.15, 0.2) is 5.84 Å². The van der Waals surface area contributed by atoms with Crippen LogP contribution in [0.25, 0.3) is 0 Å². The Hall–Kier alpha value is -1.40. The Labute approximate surface area is 124 Å². The summed E-state index contributed by atoms with van der Waals surface area (Å²) in [5, 5.41) is 14.9. The molecular weight excluding hydrogens is 274 g/mol. The first kappa shape index (κ1) is 16.7. The molecule has 0 saturated carbocycles. The Balaban J connectivity index is 2.22. The van der Waals surface area contributed by atoms with Crippen molar-refractivity contribution in [3.63, 3.8) is 0 Å². The number of amidine groups is 1. The van der Waals surface area contributed by atoms with E-state index < -0.39 is 0 Å². The van der Waals surface area contributed by atoms with Crippen LogP contribution in [-0.4, -0.2) is 42.7 Å². The van der Waals surface area contributed by atoms with Crippen LogP contribution in [0, 0.1) is 5.92 Å². The summed E-state index contributed by atoms with van der Waals surface area (Å²) in [6.07, 6.45) is 2.12. The highest BCUT2D eigenvalue weighted by molar-refractivity contribution is 7.98. The molecule has 0 aromatic heterocycles. The van der Waals surface area contributed by atoms with Gasteiger partial charge in [-0.1, -0.05) is 12.1 Å². The molecule has 5 nitrogen and oxygen atoms in total. The van der Waals surface area contributed by atoms with Crippen LogP contribution in [0.15, 0.2) is 29.4 Å². The third-order valence-corrected chi connectivity index (χ3v) is 3.65. The van der Waals surface area contributed by atoms with Gasteiger partial charge in [-0.05, 0) is 48.7 Å². The summed E-state index contributed by atoms with van der Waals surface area (Å²) in [4.78, 5) is 0. The summed E-state index contributed by atoms with van der Waals surface area (Å²) in [7, 11) is 0. The second-order valence-corrected chi connectivity index (χ2v) is 5.53. The van der Waals surface area contributed by atoms with E-state index in [1.54, 1.807) is 12.1 Å². The summed E-state index contributed by atoms with van der Waals surface area (Å²) < 4.78 is 5.61. The molecule has 4 N–H and O–H groups in total. The Morgan fingerprint density at radius 3 is 2.75 bits per heavy atom. The first-order valence-electron chi connectivity index (χ1n) is 6.57. The number of benzene rings is 1. The normalized spacial score (nSPS) is 13.2. The molecule has 0 heterocycles. The smallest absolute Gasteiger partial charge is 0.170 e. The summed E-state index contributed by atoms with van der Waals surface area (Å²) in [5.74, 6) is 2.72. The molecule has 0 saturated heterocycles. The largest absolute Gasteiger partial charge is 0.492 e. The van der Waals surface area contributed by atoms with Crippen molar-refractivity contribution in [2.45, 2.75) is 6.92 Å². The molecule has 0 bridgehead atoms. The maximum Gasteiger partial charge on any atom is 0.170 e. The van der Waals surface area contributed by atoms with Gasteiger partial charge in [0.05, 0.1) is 0 Å². The van der Waals surface area contributed by atoms with E-state index in [2.05, 4.69) is 23.7 Å². The van der Waals surface area contributed by atoms with Crippen molar-refractivity contribution in [3.05, 3.63) is 29.8 Å². The van der Waals surface area contributed by atoms with Gasteiger partial charge in [-0.25, -0.2) is 0 Å². The Morgan fingerprint density at radius 1 is 1.45 bits per heavy atom. The lowest BCUT2D eigenvalue weighted by Crippen LogP contribution is -2.26. The monoisotopic (exact) mass is 297 g/mol. The number of rotatable bonds is 9. The lowest BCUT2D eigenvalue weighted by atomic mass is 10.2. The number of nitrogens with one attached hydrogen (secondary N) is 1. The molecule has 0 fully saturated rings. The predicted octanol–water partition coefficient (Wildman–Crippen LogP) is 1.75. The molecule has 0 amide bonds. The number of ether oxygens (including phenoxy) is 1. The first-order chi connectivity index (χ1) is 9.67. The van der Waals surface area contributed by atoms with Crippen molar-refractivity contribution in [1.82, 2.24) is 5.32 Å². The summed E-state index contributed by atoms with van der Waals surface area (Å²) in [6.45, 7) is 4.68. The molecule has 1 aromatic rings. The predicted molar refractivity (Wildman–Crippen MR) is 84.9 cm³/mol. The molecule has 0 aliphatic carbocycles. The zero-order valence-electron chi connectivity index (χ0n) is 12.0. The van der Waals surface area contributed by atoms with Crippen LogP contribution in [0.3, 0.4) is 0 Å². The molecule has 1 rings (SSSR count). The average Bonchev–Trinajstić information content (AvgIpc) is 2.47. The van der Waals surface area contributed by atoms with Gasteiger partial charge in [0.1, 0.15) is 12.4 Å². The zero-order valence-corrected chi connectivity index (χ0v) is 12.8. The maximum absolute atomic E-state index is 8.56. The molecule has 0 aliphatic rings. The van der Waals surface area contributed by atoms with E-state index in [1.165, 1.54) is 5.75 Å². The summed E-state index contributed by atoms with van der Waals surface area (Å²) >= 11 is 1.87. The molecule has 1 unspecified atom stereocenters. The number of thioether (sulfide) groups is 1. The highest BCUT2D eigenvalue weighted by Crippen LogP contribution is 2.11. The molecule has 112 valence electrons. The number of nitrogens with zero attached hydrogens (tertiary/aromatic N) is 1. The first-order valence-corrected chi connectivity index (χ1v) is 7.97. The van der Waals surface area contributed by atoms with E-state index in [-0.39, 0.29) is 5.84 Å². The third kappa shape index (κ3) is 6.16. The fourth-order valence-electron chi connectivity index (χ4n) is 1.71. The van der Waals surface area contributed by atoms with Crippen molar-refractivity contribution in [2.24, 2.45) is 16.8 Å². The van der Waals surface area contributed by atoms with Gasteiger partial charge >= 0.3 is 0 Å². The molecule has 0 spiro atoms. The fraction of sp³-hybridized carbons (Fsp3) is 0.500. The Kier molecular flexibility index (Phi) is 7.91. The Morgan fingerprint density at radius 2 is 2.15 bits per heavy atom. The molecule has 6 heteroatoms. The standard InChI is InChI=1S/C14H23N3O2S/c1-11(10-20-2)9-16-7-8-19-13-5-3-12(4-6-13)14(15)17-18/h3-6,11,16,18H,7-10H2,1-2H3,(H2,15,17). The summed E-state index contributed by atoms with van der Waals surface area (Å²) in [5.41, 5.74) is 6.15. The van der Waals surface area contributed by atoms with Crippen molar-refractivity contribution in [2.75, 3.05) is 31.7 Å². The van der Waals surface area contributed by atoms with E-state index in [0.717, 1.165) is 18.8 Å². The number of hydrogen-bond donors (Lipinski definition) is 3. The lowest BCUT2D eigenvalue weighted by molar-refractivity contribution is 0.311. The van der Waals surface area contributed by atoms with Crippen LogP contribution in [-0.2, 0) is 0 Å². The second kappa shape index (κ2) is 9.50. The van der Waals surface area contributed by atoms with Crippen molar-refractivity contribution >= 4 is 17.6 Å². The topological polar surface area (TPSA) is 79.9 Å². The van der Waals surface area contributed by atoms with E-state index in [1.807, 2.05) is 23.9 Å². The van der Waals surface area contributed by atoms with E-state index >= 15 is 0 Å². The number of oxime groups is 1. The average molecular weight is 297 g/mol. The molecule has 1 atom stereocenters. The quantitative estimate of drug-likeness (QED) is 0.213. The third-order valence-electron chi connectivity index (χ3n) is 2.75. The van der Waals surface area contributed by atoms with Gasteiger partial charge in [0, 0.05) is 12.1 Å².